The van der Waals surface area contributed by atoms with Crippen molar-refractivity contribution in [2.45, 2.75) is 23.3 Å². The van der Waals surface area contributed by atoms with Crippen LogP contribution in [0.15, 0.2) is 0 Å². The molecule has 0 nitrogen and oxygen atoms in total. The minimum Gasteiger partial charge on any atom is -0.169 e. The maximum Gasteiger partial charge on any atom is 0.403 e. The van der Waals surface area contributed by atoms with Gasteiger partial charge in [-0.25, -0.2) is 0 Å². The standard InChI is InChI=1S/C4H4BrF3/c5-3(1-2-3)4(6,7)8/h1-2H2. The molecule has 1 aliphatic rings. The lowest BCUT2D eigenvalue weighted by Crippen LogP contribution is -2.23. The van der Waals surface area contributed by atoms with Crippen LogP contribution < -0.4 is 0 Å². The number of hydrogen-bond donors (Lipinski definition) is 0. The van der Waals surface area contributed by atoms with Gasteiger partial charge in [0.25, 0.3) is 0 Å². The molecule has 1 saturated carbocycles. The molecule has 0 unspecified atom stereocenters. The van der Waals surface area contributed by atoms with Gasteiger partial charge in [0.2, 0.25) is 0 Å². The Morgan fingerprint density at radius 2 is 1.62 bits per heavy atom. The van der Waals surface area contributed by atoms with Crippen LogP contribution >= 0.6 is 15.9 Å². The molecule has 4 heteroatoms. The summed E-state index contributed by atoms with van der Waals surface area (Å²) in [6, 6.07) is 0. The molecule has 1 rings (SSSR count). The van der Waals surface area contributed by atoms with Crippen LogP contribution in [0.4, 0.5) is 13.2 Å². The van der Waals surface area contributed by atoms with Gasteiger partial charge in [0.05, 0.1) is 0 Å². The lowest BCUT2D eigenvalue weighted by molar-refractivity contribution is -0.134. The van der Waals surface area contributed by atoms with Crippen molar-refractivity contribution < 1.29 is 13.2 Å². The molecular formula is C4H4BrF3. The predicted octanol–water partition coefficient (Wildman–Crippen LogP) is 2.48. The average Bonchev–Trinajstić information content (AvgIpc) is 2.16. The Labute approximate surface area is 53.2 Å². The molecule has 0 aromatic rings. The van der Waals surface area contributed by atoms with Gasteiger partial charge >= 0.3 is 6.18 Å². The van der Waals surface area contributed by atoms with E-state index in [4.69, 9.17) is 0 Å². The summed E-state index contributed by atoms with van der Waals surface area (Å²) in [6.45, 7) is 0. The summed E-state index contributed by atoms with van der Waals surface area (Å²) in [7, 11) is 0. The summed E-state index contributed by atoms with van der Waals surface area (Å²) in [5.74, 6) is 0. The molecule has 1 aliphatic carbocycles. The topological polar surface area (TPSA) is 0 Å². The minimum absolute atomic E-state index is 0.233. The highest BCUT2D eigenvalue weighted by molar-refractivity contribution is 9.10. The maximum atomic E-state index is 11.6. The molecule has 0 heterocycles. The van der Waals surface area contributed by atoms with Crippen molar-refractivity contribution >= 4 is 15.9 Å². The Morgan fingerprint density at radius 3 is 1.62 bits per heavy atom. The Kier molecular flexibility index (Phi) is 1.12. The fourth-order valence-corrected chi connectivity index (χ4v) is 0.591. The summed E-state index contributed by atoms with van der Waals surface area (Å²) in [4.78, 5) is 0. The second kappa shape index (κ2) is 1.40. The minimum atomic E-state index is -4.03. The van der Waals surface area contributed by atoms with E-state index in [0.717, 1.165) is 0 Å². The van der Waals surface area contributed by atoms with E-state index in [-0.39, 0.29) is 12.8 Å². The fraction of sp³-hybridized carbons (Fsp3) is 1.00. The molecule has 0 aromatic carbocycles. The molecule has 0 atom stereocenters. The van der Waals surface area contributed by atoms with Crippen LogP contribution in [0.1, 0.15) is 12.8 Å². The highest BCUT2D eigenvalue weighted by Crippen LogP contribution is 2.55. The molecule has 0 saturated heterocycles. The van der Waals surface area contributed by atoms with E-state index >= 15 is 0 Å². The monoisotopic (exact) mass is 188 g/mol. The first kappa shape index (κ1) is 6.39. The number of halogens is 4. The number of hydrogen-bond acceptors (Lipinski definition) is 0. The van der Waals surface area contributed by atoms with Gasteiger partial charge in [-0.3, -0.25) is 0 Å². The van der Waals surface area contributed by atoms with Crippen molar-refractivity contribution in [3.63, 3.8) is 0 Å². The third kappa shape index (κ3) is 0.855. The lowest BCUT2D eigenvalue weighted by atomic mass is 10.4. The zero-order valence-corrected chi connectivity index (χ0v) is 5.51. The Morgan fingerprint density at radius 1 is 1.25 bits per heavy atom. The summed E-state index contributed by atoms with van der Waals surface area (Å²) < 4.78 is 33.2. The van der Waals surface area contributed by atoms with Crippen molar-refractivity contribution in [3.8, 4) is 0 Å². The zero-order valence-electron chi connectivity index (χ0n) is 3.93. The second-order valence-corrected chi connectivity index (χ2v) is 3.48. The highest BCUT2D eigenvalue weighted by atomic mass is 79.9. The van der Waals surface area contributed by atoms with E-state index in [0.29, 0.717) is 0 Å². The predicted molar refractivity (Wildman–Crippen MR) is 26.9 cm³/mol. The third-order valence-corrected chi connectivity index (χ3v) is 2.44. The van der Waals surface area contributed by atoms with Gasteiger partial charge in [-0.05, 0) is 12.8 Å². The molecule has 0 N–H and O–H groups in total. The summed E-state index contributed by atoms with van der Waals surface area (Å²) in [5.41, 5.74) is 0. The van der Waals surface area contributed by atoms with Gasteiger partial charge in [-0.1, -0.05) is 15.9 Å². The van der Waals surface area contributed by atoms with Gasteiger partial charge in [0.1, 0.15) is 4.32 Å². The molecule has 0 aliphatic heterocycles. The first-order valence-corrected chi connectivity index (χ1v) is 3.01. The van der Waals surface area contributed by atoms with Crippen molar-refractivity contribution in [1.82, 2.24) is 0 Å². The SMILES string of the molecule is FC(F)(F)C1(Br)CC1. The fourth-order valence-electron chi connectivity index (χ4n) is 0.393. The van der Waals surface area contributed by atoms with Crippen LogP contribution in [0.2, 0.25) is 0 Å². The smallest absolute Gasteiger partial charge is 0.169 e. The average molecular weight is 189 g/mol. The van der Waals surface area contributed by atoms with E-state index in [1.807, 2.05) is 0 Å². The van der Waals surface area contributed by atoms with E-state index < -0.39 is 10.5 Å². The molecule has 8 heavy (non-hydrogen) atoms. The van der Waals surface area contributed by atoms with Crippen molar-refractivity contribution in [2.24, 2.45) is 0 Å². The normalized spacial score (nSPS) is 25.5. The Hall–Kier alpha value is 0.270. The van der Waals surface area contributed by atoms with Gasteiger partial charge in [0, 0.05) is 0 Å². The number of alkyl halides is 4. The van der Waals surface area contributed by atoms with Gasteiger partial charge in [0.15, 0.2) is 0 Å². The number of rotatable bonds is 0. The Bertz CT molecular complexity index is 99.1. The summed E-state index contributed by atoms with van der Waals surface area (Å²) >= 11 is 2.59. The molecule has 0 bridgehead atoms. The molecule has 0 spiro atoms. The van der Waals surface area contributed by atoms with Gasteiger partial charge in [-0.15, -0.1) is 0 Å². The summed E-state index contributed by atoms with van der Waals surface area (Å²) in [5, 5.41) is 0. The van der Waals surface area contributed by atoms with Crippen LogP contribution in [0.5, 0.6) is 0 Å². The quantitative estimate of drug-likeness (QED) is 0.513. The van der Waals surface area contributed by atoms with Crippen LogP contribution in [-0.2, 0) is 0 Å². The second-order valence-electron chi connectivity index (χ2n) is 1.96. The van der Waals surface area contributed by atoms with E-state index in [9.17, 15) is 13.2 Å². The first-order valence-electron chi connectivity index (χ1n) is 2.21. The van der Waals surface area contributed by atoms with E-state index in [1.165, 1.54) is 0 Å². The van der Waals surface area contributed by atoms with Crippen molar-refractivity contribution in [1.29, 1.82) is 0 Å². The third-order valence-electron chi connectivity index (χ3n) is 1.20. The van der Waals surface area contributed by atoms with Crippen LogP contribution in [-0.4, -0.2) is 10.5 Å². The summed E-state index contributed by atoms with van der Waals surface area (Å²) in [6.07, 6.45) is -3.57. The maximum absolute atomic E-state index is 11.6. The molecule has 1 fully saturated rings. The van der Waals surface area contributed by atoms with Crippen molar-refractivity contribution in [3.05, 3.63) is 0 Å². The first-order chi connectivity index (χ1) is 3.46. The van der Waals surface area contributed by atoms with E-state index in [2.05, 4.69) is 15.9 Å². The molecule has 0 radical (unpaired) electrons. The van der Waals surface area contributed by atoms with Crippen LogP contribution in [0, 0.1) is 0 Å². The van der Waals surface area contributed by atoms with Crippen LogP contribution in [0.25, 0.3) is 0 Å². The largest absolute Gasteiger partial charge is 0.403 e. The molecular weight excluding hydrogens is 185 g/mol. The highest BCUT2D eigenvalue weighted by Gasteiger charge is 2.61. The zero-order chi connectivity index (χ0) is 6.41. The van der Waals surface area contributed by atoms with Crippen molar-refractivity contribution in [2.75, 3.05) is 0 Å². The van der Waals surface area contributed by atoms with Gasteiger partial charge in [-0.2, -0.15) is 13.2 Å². The van der Waals surface area contributed by atoms with Gasteiger partial charge < -0.3 is 0 Å². The Balaban J connectivity index is 2.58. The van der Waals surface area contributed by atoms with E-state index in [1.54, 1.807) is 0 Å². The van der Waals surface area contributed by atoms with Crippen LogP contribution in [0.3, 0.4) is 0 Å². The molecule has 48 valence electrons. The lowest BCUT2D eigenvalue weighted by Gasteiger charge is -2.09. The molecule has 0 amide bonds. The molecule has 0 aromatic heterocycles.